The van der Waals surface area contributed by atoms with Crippen molar-refractivity contribution in [2.75, 3.05) is 0 Å². The van der Waals surface area contributed by atoms with Crippen molar-refractivity contribution in [3.8, 4) is 0 Å². The van der Waals surface area contributed by atoms with E-state index in [0.29, 0.717) is 5.25 Å². The van der Waals surface area contributed by atoms with Crippen LogP contribution in [0.5, 0.6) is 0 Å². The molecule has 1 heteroatoms. The van der Waals surface area contributed by atoms with E-state index in [4.69, 9.17) is 12.6 Å². The molecule has 0 saturated heterocycles. The Labute approximate surface area is 173 Å². The first-order chi connectivity index (χ1) is 13.2. The number of thiol groups is 1. The van der Waals surface area contributed by atoms with Crippen molar-refractivity contribution < 1.29 is 0 Å². The van der Waals surface area contributed by atoms with Gasteiger partial charge in [0, 0.05) is 5.25 Å². The number of hydrogen-bond acceptors (Lipinski definition) is 1. The Morgan fingerprint density at radius 2 is 1.00 bits per heavy atom. The van der Waals surface area contributed by atoms with Gasteiger partial charge in [0.2, 0.25) is 0 Å². The molecule has 3 fully saturated rings. The predicted octanol–water partition coefficient (Wildman–Crippen LogP) is 8.82. The van der Waals surface area contributed by atoms with Gasteiger partial charge < -0.3 is 0 Å². The monoisotopic (exact) mass is 384 g/mol. The molecule has 1 aromatic carbocycles. The Morgan fingerprint density at radius 3 is 1.37 bits per heavy atom. The Bertz CT molecular complexity index is 560. The fourth-order valence-corrected chi connectivity index (χ4v) is 6.68. The summed E-state index contributed by atoms with van der Waals surface area (Å²) in [5.41, 5.74) is 6.80. The van der Waals surface area contributed by atoms with E-state index in [9.17, 15) is 0 Å². The molecule has 0 nitrogen and oxygen atoms in total. The van der Waals surface area contributed by atoms with Gasteiger partial charge in [-0.25, -0.2) is 0 Å². The third-order valence-corrected chi connectivity index (χ3v) is 8.11. The van der Waals surface area contributed by atoms with Crippen molar-refractivity contribution in [1.82, 2.24) is 0 Å². The minimum absolute atomic E-state index is 0.374. The van der Waals surface area contributed by atoms with Crippen molar-refractivity contribution in [2.24, 2.45) is 0 Å². The van der Waals surface area contributed by atoms with Gasteiger partial charge >= 0.3 is 0 Å². The molecule has 4 rings (SSSR count). The molecule has 3 aliphatic carbocycles. The van der Waals surface area contributed by atoms with Crippen LogP contribution in [0.25, 0.3) is 0 Å². The highest BCUT2D eigenvalue weighted by Gasteiger charge is 2.28. The molecule has 0 bridgehead atoms. The van der Waals surface area contributed by atoms with Crippen LogP contribution in [0.2, 0.25) is 0 Å². The lowest BCUT2D eigenvalue weighted by atomic mass is 9.73. The Hall–Kier alpha value is -0.430. The summed E-state index contributed by atoms with van der Waals surface area (Å²) in [5, 5.41) is 0.374. The van der Waals surface area contributed by atoms with E-state index in [1.165, 1.54) is 96.3 Å². The normalized spacial score (nSPS) is 24.8. The molecule has 0 heterocycles. The zero-order valence-corrected chi connectivity index (χ0v) is 18.4. The Morgan fingerprint density at radius 1 is 0.630 bits per heavy atom. The largest absolute Gasteiger partial charge is 0.171 e. The van der Waals surface area contributed by atoms with Gasteiger partial charge in [0.1, 0.15) is 0 Å². The van der Waals surface area contributed by atoms with Crippen LogP contribution in [0.3, 0.4) is 0 Å². The summed E-state index contributed by atoms with van der Waals surface area (Å²) >= 11 is 5.03. The lowest BCUT2D eigenvalue weighted by Gasteiger charge is -2.33. The molecule has 0 N–H and O–H groups in total. The van der Waals surface area contributed by atoms with E-state index < -0.39 is 0 Å². The maximum Gasteiger partial charge on any atom is 0.0244 e. The van der Waals surface area contributed by atoms with Crippen molar-refractivity contribution in [2.45, 2.75) is 126 Å². The zero-order valence-electron chi connectivity index (χ0n) is 17.5. The smallest absolute Gasteiger partial charge is 0.0244 e. The van der Waals surface area contributed by atoms with Gasteiger partial charge in [-0.15, -0.1) is 0 Å². The van der Waals surface area contributed by atoms with Gasteiger partial charge in [0.25, 0.3) is 0 Å². The van der Waals surface area contributed by atoms with Crippen LogP contribution in [0, 0.1) is 0 Å². The maximum absolute atomic E-state index is 5.03. The summed E-state index contributed by atoms with van der Waals surface area (Å²) in [4.78, 5) is 0. The summed E-state index contributed by atoms with van der Waals surface area (Å²) in [5.74, 6) is 2.43. The van der Waals surface area contributed by atoms with Gasteiger partial charge in [-0.2, -0.15) is 12.6 Å². The highest BCUT2D eigenvalue weighted by molar-refractivity contribution is 7.80. The zero-order chi connectivity index (χ0) is 18.6. The van der Waals surface area contributed by atoms with Gasteiger partial charge in [0.05, 0.1) is 0 Å². The van der Waals surface area contributed by atoms with Crippen LogP contribution >= 0.6 is 12.6 Å². The average Bonchev–Trinajstić information content (AvgIpc) is 2.74. The predicted molar refractivity (Wildman–Crippen MR) is 121 cm³/mol. The molecule has 27 heavy (non-hydrogen) atoms. The molecular weight excluding hydrogens is 344 g/mol. The summed E-state index contributed by atoms with van der Waals surface area (Å²) in [6.07, 6.45) is 21.4. The van der Waals surface area contributed by atoms with Crippen molar-refractivity contribution in [3.05, 3.63) is 34.4 Å². The molecule has 3 saturated carbocycles. The van der Waals surface area contributed by atoms with Crippen molar-refractivity contribution in [3.63, 3.8) is 0 Å². The lowest BCUT2D eigenvalue weighted by molar-refractivity contribution is 0.424. The quantitative estimate of drug-likeness (QED) is 0.492. The third kappa shape index (κ3) is 4.60. The third-order valence-electron chi connectivity index (χ3n) is 7.85. The molecule has 1 atom stereocenters. The van der Waals surface area contributed by atoms with E-state index >= 15 is 0 Å². The SMILES string of the molecule is CC(S)c1c(C2CCCCC2)cc(C2CCCCC2)cc1C1CCCCC1. The summed E-state index contributed by atoms with van der Waals surface area (Å²) < 4.78 is 0. The second-order valence-corrected chi connectivity index (χ2v) is 10.6. The summed E-state index contributed by atoms with van der Waals surface area (Å²) in [7, 11) is 0. The second kappa shape index (κ2) is 9.38. The van der Waals surface area contributed by atoms with E-state index in [1.54, 1.807) is 22.3 Å². The van der Waals surface area contributed by atoms with E-state index in [2.05, 4.69) is 19.1 Å². The van der Waals surface area contributed by atoms with Crippen molar-refractivity contribution >= 4 is 12.6 Å². The first kappa shape index (κ1) is 19.9. The van der Waals surface area contributed by atoms with Gasteiger partial charge in [0.15, 0.2) is 0 Å². The Balaban J connectivity index is 1.77. The van der Waals surface area contributed by atoms with Gasteiger partial charge in [-0.05, 0) is 85.5 Å². The van der Waals surface area contributed by atoms with Gasteiger partial charge in [-0.1, -0.05) is 69.9 Å². The average molecular weight is 385 g/mol. The van der Waals surface area contributed by atoms with Crippen molar-refractivity contribution in [1.29, 1.82) is 0 Å². The molecule has 0 amide bonds. The van der Waals surface area contributed by atoms with Crippen LogP contribution in [0.1, 0.15) is 148 Å². The standard InChI is InChI=1S/C26H40S/c1-19(27)26-24(21-13-7-3-8-14-21)17-23(20-11-5-2-6-12-20)18-25(26)22-15-9-4-10-16-22/h17-22,27H,2-16H2,1H3. The summed E-state index contributed by atoms with van der Waals surface area (Å²) in [6.45, 7) is 2.33. The molecule has 0 radical (unpaired) electrons. The second-order valence-electron chi connectivity index (χ2n) is 9.79. The fourth-order valence-electron chi connectivity index (χ4n) is 6.38. The molecule has 0 aromatic heterocycles. The van der Waals surface area contributed by atoms with Crippen LogP contribution in [0.4, 0.5) is 0 Å². The topological polar surface area (TPSA) is 0 Å². The number of hydrogen-bond donors (Lipinski definition) is 1. The van der Waals surface area contributed by atoms with Crippen LogP contribution in [0.15, 0.2) is 12.1 Å². The summed E-state index contributed by atoms with van der Waals surface area (Å²) in [6, 6.07) is 5.36. The highest BCUT2D eigenvalue weighted by atomic mass is 32.1. The van der Waals surface area contributed by atoms with Crippen LogP contribution < -0.4 is 0 Å². The first-order valence-corrected chi connectivity index (χ1v) is 12.6. The molecule has 1 unspecified atom stereocenters. The minimum Gasteiger partial charge on any atom is -0.171 e. The fraction of sp³-hybridized carbons (Fsp3) is 0.769. The number of benzene rings is 1. The number of rotatable bonds is 4. The molecule has 1 aromatic rings. The molecule has 0 spiro atoms. The Kier molecular flexibility index (Phi) is 6.90. The molecule has 150 valence electrons. The highest BCUT2D eigenvalue weighted by Crippen LogP contribution is 2.46. The van der Waals surface area contributed by atoms with Gasteiger partial charge in [-0.3, -0.25) is 0 Å². The maximum atomic E-state index is 5.03. The molecule has 3 aliphatic rings. The van der Waals surface area contributed by atoms with E-state index in [0.717, 1.165) is 17.8 Å². The molecular formula is C26H40S. The first-order valence-electron chi connectivity index (χ1n) is 12.1. The van der Waals surface area contributed by atoms with Crippen LogP contribution in [-0.2, 0) is 0 Å². The van der Waals surface area contributed by atoms with Crippen LogP contribution in [-0.4, -0.2) is 0 Å². The van der Waals surface area contributed by atoms with E-state index in [-0.39, 0.29) is 0 Å². The van der Waals surface area contributed by atoms with E-state index in [1.807, 2.05) is 0 Å². The lowest BCUT2D eigenvalue weighted by Crippen LogP contribution is -2.16. The minimum atomic E-state index is 0.374. The molecule has 0 aliphatic heterocycles.